The first-order chi connectivity index (χ1) is 9.71. The quantitative estimate of drug-likeness (QED) is 0.839. The van der Waals surface area contributed by atoms with Gasteiger partial charge in [-0.25, -0.2) is 4.98 Å². The second kappa shape index (κ2) is 7.09. The van der Waals surface area contributed by atoms with Crippen molar-refractivity contribution in [2.24, 2.45) is 0 Å². The summed E-state index contributed by atoms with van der Waals surface area (Å²) in [7, 11) is 1.64. The minimum absolute atomic E-state index is 0.624. The van der Waals surface area contributed by atoms with Crippen LogP contribution in [0, 0.1) is 0 Å². The number of anilines is 3. The van der Waals surface area contributed by atoms with E-state index in [0.717, 1.165) is 34.7 Å². The van der Waals surface area contributed by atoms with E-state index in [0.29, 0.717) is 5.95 Å². The molecule has 2 N–H and O–H groups in total. The predicted octanol–water partition coefficient (Wildman–Crippen LogP) is 3.81. The molecule has 5 nitrogen and oxygen atoms in total. The van der Waals surface area contributed by atoms with Gasteiger partial charge in [-0.1, -0.05) is 22.9 Å². The van der Waals surface area contributed by atoms with Gasteiger partial charge in [-0.2, -0.15) is 4.98 Å². The number of methoxy groups -OCH3 is 1. The summed E-state index contributed by atoms with van der Waals surface area (Å²) in [6.07, 6.45) is 2.76. The molecule has 2 aromatic rings. The highest BCUT2D eigenvalue weighted by Crippen LogP contribution is 2.26. The molecular weight excluding hydrogens is 320 g/mol. The summed E-state index contributed by atoms with van der Waals surface area (Å²) >= 11 is 3.45. The topological polar surface area (TPSA) is 59.1 Å². The third-order valence-corrected chi connectivity index (χ3v) is 3.03. The molecule has 0 saturated carbocycles. The highest BCUT2D eigenvalue weighted by Gasteiger charge is 2.02. The number of rotatable bonds is 6. The van der Waals surface area contributed by atoms with Gasteiger partial charge in [-0.15, -0.1) is 0 Å². The number of aromatic nitrogens is 2. The number of halogens is 1. The highest BCUT2D eigenvalue weighted by molar-refractivity contribution is 9.10. The summed E-state index contributed by atoms with van der Waals surface area (Å²) in [5, 5.41) is 6.39. The van der Waals surface area contributed by atoms with Gasteiger partial charge >= 0.3 is 0 Å². The zero-order valence-electron chi connectivity index (χ0n) is 11.5. The summed E-state index contributed by atoms with van der Waals surface area (Å²) in [6.45, 7) is 2.96. The molecule has 0 saturated heterocycles. The van der Waals surface area contributed by atoms with Crippen LogP contribution in [-0.2, 0) is 0 Å². The molecule has 0 unspecified atom stereocenters. The third-order valence-electron chi connectivity index (χ3n) is 2.57. The van der Waals surface area contributed by atoms with Crippen LogP contribution >= 0.6 is 15.9 Å². The Morgan fingerprint density at radius 3 is 2.90 bits per heavy atom. The number of ether oxygens (including phenoxy) is 1. The molecule has 106 valence electrons. The van der Waals surface area contributed by atoms with Gasteiger partial charge in [-0.3, -0.25) is 0 Å². The molecule has 2 rings (SSSR count). The molecule has 0 bridgehead atoms. The van der Waals surface area contributed by atoms with E-state index in [-0.39, 0.29) is 0 Å². The normalized spacial score (nSPS) is 10.2. The fourth-order valence-electron chi connectivity index (χ4n) is 1.65. The van der Waals surface area contributed by atoms with Crippen molar-refractivity contribution in [3.05, 3.63) is 34.9 Å². The third kappa shape index (κ3) is 4.09. The molecule has 1 heterocycles. The van der Waals surface area contributed by atoms with Gasteiger partial charge in [0.05, 0.1) is 7.11 Å². The molecule has 0 radical (unpaired) electrons. The van der Waals surface area contributed by atoms with E-state index in [4.69, 9.17) is 4.74 Å². The van der Waals surface area contributed by atoms with E-state index in [1.807, 2.05) is 24.3 Å². The Morgan fingerprint density at radius 1 is 1.30 bits per heavy atom. The maximum absolute atomic E-state index is 5.24. The molecule has 6 heteroatoms. The number of benzene rings is 1. The molecule has 1 aromatic heterocycles. The SMILES string of the molecule is CCCNc1nccc(Nc2cc(Br)cc(OC)c2)n1. The summed E-state index contributed by atoms with van der Waals surface area (Å²) in [6, 6.07) is 7.60. The van der Waals surface area contributed by atoms with E-state index < -0.39 is 0 Å². The maximum Gasteiger partial charge on any atom is 0.224 e. The Morgan fingerprint density at radius 2 is 2.15 bits per heavy atom. The van der Waals surface area contributed by atoms with Crippen molar-refractivity contribution >= 4 is 33.4 Å². The van der Waals surface area contributed by atoms with Crippen LogP contribution in [0.5, 0.6) is 5.75 Å². The monoisotopic (exact) mass is 336 g/mol. The minimum Gasteiger partial charge on any atom is -0.497 e. The van der Waals surface area contributed by atoms with Crippen LogP contribution in [0.1, 0.15) is 13.3 Å². The molecule has 0 aliphatic rings. The van der Waals surface area contributed by atoms with Crippen molar-refractivity contribution in [2.75, 3.05) is 24.3 Å². The van der Waals surface area contributed by atoms with Crippen molar-refractivity contribution < 1.29 is 4.74 Å². The lowest BCUT2D eigenvalue weighted by Gasteiger charge is -2.09. The fraction of sp³-hybridized carbons (Fsp3) is 0.286. The van der Waals surface area contributed by atoms with Crippen LogP contribution in [0.2, 0.25) is 0 Å². The molecule has 1 aromatic carbocycles. The molecule has 0 aliphatic heterocycles. The van der Waals surface area contributed by atoms with Gasteiger partial charge in [0.1, 0.15) is 11.6 Å². The Labute approximate surface area is 126 Å². The molecule has 0 fully saturated rings. The van der Waals surface area contributed by atoms with E-state index in [1.54, 1.807) is 13.3 Å². The summed E-state index contributed by atoms with van der Waals surface area (Å²) < 4.78 is 6.18. The van der Waals surface area contributed by atoms with Gasteiger partial charge in [0.25, 0.3) is 0 Å². The number of hydrogen-bond acceptors (Lipinski definition) is 5. The van der Waals surface area contributed by atoms with E-state index >= 15 is 0 Å². The highest BCUT2D eigenvalue weighted by atomic mass is 79.9. The average Bonchev–Trinajstić information content (AvgIpc) is 2.45. The first-order valence-corrected chi connectivity index (χ1v) is 7.19. The first kappa shape index (κ1) is 14.6. The summed E-state index contributed by atoms with van der Waals surface area (Å²) in [4.78, 5) is 8.57. The van der Waals surface area contributed by atoms with Crippen molar-refractivity contribution in [2.45, 2.75) is 13.3 Å². The van der Waals surface area contributed by atoms with Crippen LogP contribution in [0.3, 0.4) is 0 Å². The van der Waals surface area contributed by atoms with Gasteiger partial charge in [0.2, 0.25) is 5.95 Å². The largest absolute Gasteiger partial charge is 0.497 e. The second-order valence-electron chi connectivity index (χ2n) is 4.20. The van der Waals surface area contributed by atoms with E-state index in [2.05, 4.69) is 43.5 Å². The lowest BCUT2D eigenvalue weighted by atomic mass is 10.3. The summed E-state index contributed by atoms with van der Waals surface area (Å²) in [5.41, 5.74) is 0.899. The zero-order valence-corrected chi connectivity index (χ0v) is 13.1. The lowest BCUT2D eigenvalue weighted by molar-refractivity contribution is 0.415. The van der Waals surface area contributed by atoms with Gasteiger partial charge in [-0.05, 0) is 24.6 Å². The van der Waals surface area contributed by atoms with Crippen LogP contribution in [0.15, 0.2) is 34.9 Å². The Hall–Kier alpha value is -1.82. The molecule has 0 amide bonds. The molecule has 0 spiro atoms. The Kier molecular flexibility index (Phi) is 5.17. The maximum atomic E-state index is 5.24. The molecular formula is C14H17BrN4O. The smallest absolute Gasteiger partial charge is 0.224 e. The van der Waals surface area contributed by atoms with Gasteiger partial charge < -0.3 is 15.4 Å². The summed E-state index contributed by atoms with van der Waals surface area (Å²) in [5.74, 6) is 2.14. The molecule has 20 heavy (non-hydrogen) atoms. The van der Waals surface area contributed by atoms with Gasteiger partial charge in [0, 0.05) is 29.0 Å². The zero-order chi connectivity index (χ0) is 14.4. The number of nitrogens with zero attached hydrogens (tertiary/aromatic N) is 2. The Bertz CT molecular complexity index is 577. The van der Waals surface area contributed by atoms with Crippen LogP contribution in [0.25, 0.3) is 0 Å². The predicted molar refractivity (Wildman–Crippen MR) is 84.8 cm³/mol. The van der Waals surface area contributed by atoms with Crippen LogP contribution in [-0.4, -0.2) is 23.6 Å². The fourth-order valence-corrected chi connectivity index (χ4v) is 2.12. The lowest BCUT2D eigenvalue weighted by Crippen LogP contribution is -2.05. The standard InChI is InChI=1S/C14H17BrN4O/c1-3-5-16-14-17-6-4-13(19-14)18-11-7-10(15)8-12(9-11)20-2/h4,6-9H,3,5H2,1-2H3,(H2,16,17,18,19). The first-order valence-electron chi connectivity index (χ1n) is 6.40. The average molecular weight is 337 g/mol. The van der Waals surface area contributed by atoms with Crippen molar-refractivity contribution in [1.82, 2.24) is 9.97 Å². The van der Waals surface area contributed by atoms with Gasteiger partial charge in [0.15, 0.2) is 0 Å². The number of nitrogens with one attached hydrogen (secondary N) is 2. The van der Waals surface area contributed by atoms with Crippen molar-refractivity contribution in [3.8, 4) is 5.75 Å². The van der Waals surface area contributed by atoms with E-state index in [9.17, 15) is 0 Å². The van der Waals surface area contributed by atoms with E-state index in [1.165, 1.54) is 0 Å². The molecule has 0 aliphatic carbocycles. The minimum atomic E-state index is 0.624. The second-order valence-corrected chi connectivity index (χ2v) is 5.11. The van der Waals surface area contributed by atoms with Crippen LogP contribution < -0.4 is 15.4 Å². The van der Waals surface area contributed by atoms with Crippen LogP contribution in [0.4, 0.5) is 17.5 Å². The number of hydrogen-bond donors (Lipinski definition) is 2. The molecule has 0 atom stereocenters. The van der Waals surface area contributed by atoms with Crippen molar-refractivity contribution in [1.29, 1.82) is 0 Å². The van der Waals surface area contributed by atoms with Crippen molar-refractivity contribution in [3.63, 3.8) is 0 Å². The Balaban J connectivity index is 2.15.